The maximum atomic E-state index is 12.2. The number of hydrogen-bond donors (Lipinski definition) is 2. The van der Waals surface area contributed by atoms with Crippen molar-refractivity contribution in [2.45, 2.75) is 0 Å². The number of amides is 1. The average molecular weight is 434 g/mol. The number of rotatable bonds is 6. The third kappa shape index (κ3) is 5.33. The summed E-state index contributed by atoms with van der Waals surface area (Å²) in [6.45, 7) is -0.449. The zero-order chi connectivity index (χ0) is 21.0. The number of halogens is 1. The fourth-order valence-electron chi connectivity index (χ4n) is 2.28. The molecular weight excluding hydrogens is 422 g/mol. The van der Waals surface area contributed by atoms with Gasteiger partial charge in [-0.25, -0.2) is 9.79 Å². The normalized spacial score (nSPS) is 16.1. The highest BCUT2D eigenvalue weighted by molar-refractivity contribution is 8.18. The Kier molecular flexibility index (Phi) is 6.15. The first-order valence-corrected chi connectivity index (χ1v) is 9.19. The molecule has 2 N–H and O–H groups in total. The van der Waals surface area contributed by atoms with Crippen molar-refractivity contribution in [1.82, 2.24) is 5.32 Å². The Hall–Kier alpha value is -3.37. The smallest absolute Gasteiger partial charge is 0.341 e. The summed E-state index contributed by atoms with van der Waals surface area (Å²) in [7, 11) is 0. The molecule has 148 valence electrons. The van der Waals surface area contributed by atoms with Gasteiger partial charge in [-0.15, -0.1) is 0 Å². The van der Waals surface area contributed by atoms with Crippen LogP contribution in [0.25, 0.3) is 6.08 Å². The fourth-order valence-corrected chi connectivity index (χ4v) is 3.29. The summed E-state index contributed by atoms with van der Waals surface area (Å²) in [6.07, 6.45) is 1.61. The van der Waals surface area contributed by atoms with Crippen molar-refractivity contribution < 1.29 is 24.4 Å². The number of ether oxygens (including phenoxy) is 1. The molecule has 1 aliphatic heterocycles. The molecule has 1 heterocycles. The topological polar surface area (TPSA) is 131 Å². The van der Waals surface area contributed by atoms with E-state index in [1.807, 2.05) is 0 Å². The number of nitrogens with zero attached hydrogens (tertiary/aromatic N) is 2. The van der Waals surface area contributed by atoms with Crippen molar-refractivity contribution in [1.29, 1.82) is 0 Å². The van der Waals surface area contributed by atoms with Crippen LogP contribution in [0.2, 0.25) is 5.02 Å². The molecular formula is C18H12ClN3O6S. The van der Waals surface area contributed by atoms with E-state index in [1.165, 1.54) is 18.2 Å². The van der Waals surface area contributed by atoms with Crippen molar-refractivity contribution >= 4 is 57.9 Å². The van der Waals surface area contributed by atoms with Gasteiger partial charge in [0.25, 0.3) is 11.6 Å². The van der Waals surface area contributed by atoms with Crippen LogP contribution in [0.1, 0.15) is 5.56 Å². The molecule has 0 unspecified atom stereocenters. The van der Waals surface area contributed by atoms with E-state index in [4.69, 9.17) is 21.4 Å². The predicted octanol–water partition coefficient (Wildman–Crippen LogP) is 3.60. The molecule has 0 aromatic heterocycles. The lowest BCUT2D eigenvalue weighted by atomic mass is 10.2. The Balaban J connectivity index is 1.77. The van der Waals surface area contributed by atoms with E-state index in [9.17, 15) is 19.7 Å². The third-order valence-electron chi connectivity index (χ3n) is 3.55. The molecule has 3 rings (SSSR count). The summed E-state index contributed by atoms with van der Waals surface area (Å²) in [5.74, 6) is -1.09. The number of hydrogen-bond acceptors (Lipinski definition) is 7. The molecule has 0 radical (unpaired) electrons. The van der Waals surface area contributed by atoms with Crippen LogP contribution in [-0.2, 0) is 9.59 Å². The lowest BCUT2D eigenvalue weighted by Crippen LogP contribution is -2.19. The van der Waals surface area contributed by atoms with Gasteiger partial charge >= 0.3 is 5.97 Å². The highest BCUT2D eigenvalue weighted by atomic mass is 35.5. The summed E-state index contributed by atoms with van der Waals surface area (Å²) >= 11 is 6.82. The van der Waals surface area contributed by atoms with Gasteiger partial charge in [0, 0.05) is 11.1 Å². The van der Waals surface area contributed by atoms with Crippen LogP contribution >= 0.6 is 23.4 Å². The molecule has 0 spiro atoms. The number of aliphatic imine (C=N–C) groups is 1. The van der Waals surface area contributed by atoms with Gasteiger partial charge in [0.2, 0.25) is 0 Å². The van der Waals surface area contributed by atoms with Crippen molar-refractivity contribution in [3.05, 3.63) is 68.1 Å². The summed E-state index contributed by atoms with van der Waals surface area (Å²) in [4.78, 5) is 37.7. The van der Waals surface area contributed by atoms with Gasteiger partial charge in [0.1, 0.15) is 11.4 Å². The zero-order valence-electron chi connectivity index (χ0n) is 14.5. The molecule has 2 aromatic carbocycles. The number of nitrogens with one attached hydrogen (secondary N) is 1. The summed E-state index contributed by atoms with van der Waals surface area (Å²) in [6, 6.07) is 10.6. The minimum Gasteiger partial charge on any atom is -0.482 e. The second-order valence-corrected chi connectivity index (χ2v) is 7.09. The molecule has 1 fully saturated rings. The van der Waals surface area contributed by atoms with Gasteiger partial charge in [-0.3, -0.25) is 14.9 Å². The zero-order valence-corrected chi connectivity index (χ0v) is 16.1. The molecule has 1 amide bonds. The SMILES string of the molecule is O=C(O)COc1ccc(/C=C2/SC(=Nc3ccc(Cl)cc3[N+](=O)[O-])NC2=O)cc1. The molecule has 0 bridgehead atoms. The van der Waals surface area contributed by atoms with E-state index in [0.29, 0.717) is 16.2 Å². The highest BCUT2D eigenvalue weighted by Gasteiger charge is 2.25. The number of aliphatic carboxylic acids is 1. The van der Waals surface area contributed by atoms with Crippen molar-refractivity contribution in [3.63, 3.8) is 0 Å². The van der Waals surface area contributed by atoms with Crippen LogP contribution in [0, 0.1) is 10.1 Å². The van der Waals surface area contributed by atoms with Crippen molar-refractivity contribution in [2.75, 3.05) is 6.61 Å². The van der Waals surface area contributed by atoms with E-state index in [-0.39, 0.29) is 21.6 Å². The summed E-state index contributed by atoms with van der Waals surface area (Å²) in [5, 5.41) is 22.7. The van der Waals surface area contributed by atoms with Crippen LogP contribution in [0.15, 0.2) is 52.4 Å². The molecule has 11 heteroatoms. The number of nitro benzene ring substituents is 1. The number of thioether (sulfide) groups is 1. The molecule has 29 heavy (non-hydrogen) atoms. The van der Waals surface area contributed by atoms with Gasteiger partial charge in [0.05, 0.1) is 9.83 Å². The number of carboxylic acid groups (broad SMARTS) is 1. The van der Waals surface area contributed by atoms with Crippen LogP contribution in [0.4, 0.5) is 11.4 Å². The van der Waals surface area contributed by atoms with Gasteiger partial charge < -0.3 is 15.2 Å². The lowest BCUT2D eigenvalue weighted by molar-refractivity contribution is -0.384. The van der Waals surface area contributed by atoms with Gasteiger partial charge in [-0.05, 0) is 47.7 Å². The van der Waals surface area contributed by atoms with Gasteiger partial charge in [-0.1, -0.05) is 23.7 Å². The number of carboxylic acids is 1. The fraction of sp³-hybridized carbons (Fsp3) is 0.0556. The average Bonchev–Trinajstić information content (AvgIpc) is 3.01. The second-order valence-electron chi connectivity index (χ2n) is 5.62. The number of carbonyl (C=O) groups is 2. The maximum Gasteiger partial charge on any atom is 0.341 e. The van der Waals surface area contributed by atoms with E-state index in [2.05, 4.69) is 10.3 Å². The Morgan fingerprint density at radius 3 is 2.69 bits per heavy atom. The number of nitro groups is 1. The number of carbonyl (C=O) groups excluding carboxylic acids is 1. The van der Waals surface area contributed by atoms with Crippen molar-refractivity contribution in [3.8, 4) is 5.75 Å². The molecule has 9 nitrogen and oxygen atoms in total. The highest BCUT2D eigenvalue weighted by Crippen LogP contribution is 2.33. The van der Waals surface area contributed by atoms with Gasteiger partial charge in [0.15, 0.2) is 11.8 Å². The molecule has 0 atom stereocenters. The van der Waals surface area contributed by atoms with Crippen LogP contribution in [0.3, 0.4) is 0 Å². The Labute approximate surface area is 173 Å². The van der Waals surface area contributed by atoms with Crippen LogP contribution in [0.5, 0.6) is 5.75 Å². The monoisotopic (exact) mass is 433 g/mol. The van der Waals surface area contributed by atoms with E-state index < -0.39 is 23.4 Å². The first-order chi connectivity index (χ1) is 13.8. The summed E-state index contributed by atoms with van der Waals surface area (Å²) in [5.41, 5.74) is 0.488. The van der Waals surface area contributed by atoms with Crippen molar-refractivity contribution in [2.24, 2.45) is 4.99 Å². The molecule has 1 aliphatic rings. The lowest BCUT2D eigenvalue weighted by Gasteiger charge is -2.03. The second kappa shape index (κ2) is 8.76. The van der Waals surface area contributed by atoms with Crippen LogP contribution < -0.4 is 10.1 Å². The van der Waals surface area contributed by atoms with Crippen LogP contribution in [-0.4, -0.2) is 33.7 Å². The molecule has 0 saturated carbocycles. The Morgan fingerprint density at radius 1 is 1.31 bits per heavy atom. The number of amidine groups is 1. The number of benzene rings is 2. The molecule has 1 saturated heterocycles. The quantitative estimate of drug-likeness (QED) is 0.404. The Morgan fingerprint density at radius 2 is 2.03 bits per heavy atom. The molecule has 2 aromatic rings. The first-order valence-electron chi connectivity index (χ1n) is 8.00. The minimum absolute atomic E-state index is 0.0726. The largest absolute Gasteiger partial charge is 0.482 e. The predicted molar refractivity (Wildman–Crippen MR) is 108 cm³/mol. The van der Waals surface area contributed by atoms with E-state index in [0.717, 1.165) is 11.8 Å². The first kappa shape index (κ1) is 20.4. The minimum atomic E-state index is -1.08. The Bertz CT molecular complexity index is 1050. The standard InChI is InChI=1S/C18H12ClN3O6S/c19-11-3-6-13(14(8-11)22(26)27)20-18-21-17(25)15(29-18)7-10-1-4-12(5-2-10)28-9-16(23)24/h1-8H,9H2,(H,23,24)(H,20,21,25)/b15-7+. The van der Waals surface area contributed by atoms with Gasteiger partial charge in [-0.2, -0.15) is 0 Å². The summed E-state index contributed by atoms with van der Waals surface area (Å²) < 4.78 is 5.05. The maximum absolute atomic E-state index is 12.2. The van der Waals surface area contributed by atoms with E-state index in [1.54, 1.807) is 30.3 Å². The molecule has 0 aliphatic carbocycles. The van der Waals surface area contributed by atoms with E-state index >= 15 is 0 Å². The third-order valence-corrected chi connectivity index (χ3v) is 4.69.